The smallest absolute Gasteiger partial charge is 0.422 e. The normalized spacial score (nSPS) is 14.5. The minimum Gasteiger partial charge on any atom is -0.481 e. The number of aliphatic hydroxyl groups is 1. The Labute approximate surface area is 223 Å². The first kappa shape index (κ1) is 28.2. The number of benzene rings is 1. The highest BCUT2D eigenvalue weighted by atomic mass is 19.4. The maximum absolute atomic E-state index is 13.4. The Morgan fingerprint density at radius 3 is 2.54 bits per heavy atom. The highest BCUT2D eigenvalue weighted by molar-refractivity contribution is 6.03. The van der Waals surface area contributed by atoms with Crippen molar-refractivity contribution in [3.05, 3.63) is 47.3 Å². The van der Waals surface area contributed by atoms with Crippen LogP contribution in [0, 0.1) is 6.92 Å². The Balaban J connectivity index is 1.70. The molecule has 4 rings (SSSR count). The van der Waals surface area contributed by atoms with Crippen LogP contribution in [0.5, 0.6) is 17.2 Å². The summed E-state index contributed by atoms with van der Waals surface area (Å²) in [6.07, 6.45) is -3.27. The molecular formula is C27H31F3N4O5. The van der Waals surface area contributed by atoms with Gasteiger partial charge in [-0.15, -0.1) is 0 Å². The molecule has 2 N–H and O–H groups in total. The second kappa shape index (κ2) is 11.5. The molecular weight excluding hydrogens is 517 g/mol. The Morgan fingerprint density at radius 1 is 1.21 bits per heavy atom. The van der Waals surface area contributed by atoms with Gasteiger partial charge in [0, 0.05) is 26.2 Å². The number of halogens is 3. The van der Waals surface area contributed by atoms with Crippen molar-refractivity contribution in [3.63, 3.8) is 0 Å². The van der Waals surface area contributed by atoms with E-state index in [0.29, 0.717) is 49.5 Å². The zero-order chi connectivity index (χ0) is 28.3. The molecule has 210 valence electrons. The van der Waals surface area contributed by atoms with Crippen molar-refractivity contribution in [1.29, 1.82) is 0 Å². The minimum absolute atomic E-state index is 0.0922. The molecule has 0 bridgehead atoms. The number of hydrogen-bond donors (Lipinski definition) is 2. The Hall–Kier alpha value is -3.80. The molecule has 0 radical (unpaired) electrons. The maximum atomic E-state index is 13.4. The first-order chi connectivity index (χ1) is 18.5. The molecule has 2 aromatic heterocycles. The number of amides is 2. The predicted octanol–water partition coefficient (Wildman–Crippen LogP) is 3.89. The molecule has 1 saturated heterocycles. The zero-order valence-corrected chi connectivity index (χ0v) is 22.0. The molecule has 12 heteroatoms. The van der Waals surface area contributed by atoms with E-state index in [1.807, 2.05) is 32.0 Å². The highest BCUT2D eigenvalue weighted by Gasteiger charge is 2.33. The van der Waals surface area contributed by atoms with Crippen LogP contribution in [0.15, 0.2) is 30.3 Å². The fraction of sp³-hybridized carbons (Fsp3) is 0.444. The number of carbonyl (C=O) groups is 2. The largest absolute Gasteiger partial charge is 0.481 e. The molecule has 0 saturated carbocycles. The van der Waals surface area contributed by atoms with E-state index in [-0.39, 0.29) is 28.5 Å². The van der Waals surface area contributed by atoms with Gasteiger partial charge in [-0.05, 0) is 49.9 Å². The molecule has 1 aliphatic heterocycles. The summed E-state index contributed by atoms with van der Waals surface area (Å²) in [7, 11) is 1.55. The SMILES string of the molecule is CCc1nc2c(cc1Oc1cccc(C)c1)c(OCC(F)(F)F)c(C(=O)NC1CCN(C(=O)CO)CC1)n2C. The molecule has 1 aliphatic rings. The fourth-order valence-corrected chi connectivity index (χ4v) is 4.66. The van der Waals surface area contributed by atoms with E-state index in [4.69, 9.17) is 14.6 Å². The van der Waals surface area contributed by atoms with Crippen LogP contribution in [0.2, 0.25) is 0 Å². The second-order valence-electron chi connectivity index (χ2n) is 9.50. The van der Waals surface area contributed by atoms with E-state index in [2.05, 4.69) is 10.3 Å². The molecule has 9 nitrogen and oxygen atoms in total. The third-order valence-electron chi connectivity index (χ3n) is 6.62. The number of fused-ring (bicyclic) bond motifs is 1. The van der Waals surface area contributed by atoms with Gasteiger partial charge in [-0.2, -0.15) is 13.2 Å². The lowest BCUT2D eigenvalue weighted by molar-refractivity contribution is -0.153. The van der Waals surface area contributed by atoms with Crippen LogP contribution in [0.25, 0.3) is 11.0 Å². The molecule has 39 heavy (non-hydrogen) atoms. The van der Waals surface area contributed by atoms with Gasteiger partial charge in [-0.3, -0.25) is 9.59 Å². The summed E-state index contributed by atoms with van der Waals surface area (Å²) in [6.45, 7) is 2.31. The summed E-state index contributed by atoms with van der Waals surface area (Å²) in [5.41, 5.74) is 1.73. The molecule has 1 aromatic carbocycles. The molecule has 0 aliphatic carbocycles. The van der Waals surface area contributed by atoms with Crippen LogP contribution in [0.4, 0.5) is 13.2 Å². The lowest BCUT2D eigenvalue weighted by Crippen LogP contribution is -2.47. The summed E-state index contributed by atoms with van der Waals surface area (Å²) in [6, 6.07) is 8.58. The fourth-order valence-electron chi connectivity index (χ4n) is 4.66. The number of likely N-dealkylation sites (tertiary alicyclic amines) is 1. The topological polar surface area (TPSA) is 106 Å². The monoisotopic (exact) mass is 548 g/mol. The van der Waals surface area contributed by atoms with E-state index in [0.717, 1.165) is 5.56 Å². The third kappa shape index (κ3) is 6.44. The van der Waals surface area contributed by atoms with Gasteiger partial charge in [0.25, 0.3) is 5.91 Å². The minimum atomic E-state index is -4.63. The van der Waals surface area contributed by atoms with Crippen LogP contribution in [0.3, 0.4) is 0 Å². The Bertz CT molecular complexity index is 1360. The van der Waals surface area contributed by atoms with E-state index in [1.165, 1.54) is 9.47 Å². The first-order valence-corrected chi connectivity index (χ1v) is 12.7. The summed E-state index contributed by atoms with van der Waals surface area (Å²) >= 11 is 0. The van der Waals surface area contributed by atoms with Gasteiger partial charge in [0.05, 0.1) is 11.1 Å². The van der Waals surface area contributed by atoms with E-state index in [9.17, 15) is 22.8 Å². The summed E-state index contributed by atoms with van der Waals surface area (Å²) < 4.78 is 52.3. The van der Waals surface area contributed by atoms with Crippen molar-refractivity contribution in [1.82, 2.24) is 19.8 Å². The number of piperidine rings is 1. The molecule has 1 fully saturated rings. The molecule has 2 amide bonds. The number of hydrogen-bond acceptors (Lipinski definition) is 6. The average Bonchev–Trinajstić information content (AvgIpc) is 3.17. The number of aliphatic hydroxyl groups excluding tert-OH is 1. The third-order valence-corrected chi connectivity index (χ3v) is 6.62. The molecule has 0 atom stereocenters. The summed E-state index contributed by atoms with van der Waals surface area (Å²) in [5, 5.41) is 12.1. The van der Waals surface area contributed by atoms with Gasteiger partial charge in [-0.25, -0.2) is 4.98 Å². The molecule has 0 spiro atoms. The van der Waals surface area contributed by atoms with Gasteiger partial charge < -0.3 is 29.4 Å². The van der Waals surface area contributed by atoms with Crippen molar-refractivity contribution in [3.8, 4) is 17.2 Å². The summed E-state index contributed by atoms with van der Waals surface area (Å²) in [5.74, 6) is -0.342. The molecule has 0 unspecified atom stereocenters. The lowest BCUT2D eigenvalue weighted by Gasteiger charge is -2.32. The van der Waals surface area contributed by atoms with E-state index >= 15 is 0 Å². The van der Waals surface area contributed by atoms with Crippen LogP contribution in [-0.4, -0.2) is 69.9 Å². The van der Waals surface area contributed by atoms with Crippen LogP contribution >= 0.6 is 0 Å². The van der Waals surface area contributed by atoms with Gasteiger partial charge >= 0.3 is 6.18 Å². The first-order valence-electron chi connectivity index (χ1n) is 12.7. The number of rotatable bonds is 8. The maximum Gasteiger partial charge on any atom is 0.422 e. The highest BCUT2D eigenvalue weighted by Crippen LogP contribution is 2.38. The van der Waals surface area contributed by atoms with E-state index < -0.39 is 31.2 Å². The lowest BCUT2D eigenvalue weighted by atomic mass is 10.0. The number of ether oxygens (including phenoxy) is 2. The number of carbonyl (C=O) groups excluding carboxylic acids is 2. The molecule has 3 heterocycles. The number of nitrogens with one attached hydrogen (secondary N) is 1. The Kier molecular flexibility index (Phi) is 8.34. The summed E-state index contributed by atoms with van der Waals surface area (Å²) in [4.78, 5) is 31.3. The number of pyridine rings is 1. The molecule has 3 aromatic rings. The second-order valence-corrected chi connectivity index (χ2v) is 9.50. The number of aryl methyl sites for hydroxylation is 3. The van der Waals surface area contributed by atoms with Gasteiger partial charge in [0.1, 0.15) is 23.8 Å². The van der Waals surface area contributed by atoms with Gasteiger partial charge in [0.2, 0.25) is 5.91 Å². The predicted molar refractivity (Wildman–Crippen MR) is 137 cm³/mol. The Morgan fingerprint density at radius 2 is 1.92 bits per heavy atom. The van der Waals surface area contributed by atoms with Gasteiger partial charge in [-0.1, -0.05) is 19.1 Å². The van der Waals surface area contributed by atoms with Crippen LogP contribution < -0.4 is 14.8 Å². The number of alkyl halides is 3. The van der Waals surface area contributed by atoms with Crippen molar-refractivity contribution < 1.29 is 37.3 Å². The standard InChI is InChI=1S/C27H31F3N4O5/c1-4-20-21(39-18-7-5-6-16(2)12-18)13-19-24(38-15-27(28,29)30)23(33(3)25(19)32-20)26(37)31-17-8-10-34(11-9-17)22(36)14-35/h5-7,12-13,17,35H,4,8-11,14-15H2,1-3H3,(H,31,37). The number of nitrogens with zero attached hydrogens (tertiary/aromatic N) is 3. The van der Waals surface area contributed by atoms with Crippen LogP contribution in [0.1, 0.15) is 41.5 Å². The van der Waals surface area contributed by atoms with Crippen molar-refractivity contribution in [2.45, 2.75) is 45.3 Å². The zero-order valence-electron chi connectivity index (χ0n) is 22.0. The quantitative estimate of drug-likeness (QED) is 0.443. The van der Waals surface area contributed by atoms with E-state index in [1.54, 1.807) is 19.2 Å². The van der Waals surface area contributed by atoms with Crippen molar-refractivity contribution in [2.75, 3.05) is 26.3 Å². The average molecular weight is 549 g/mol. The van der Waals surface area contributed by atoms with Crippen molar-refractivity contribution in [2.24, 2.45) is 7.05 Å². The van der Waals surface area contributed by atoms with Gasteiger partial charge in [0.15, 0.2) is 18.1 Å². The van der Waals surface area contributed by atoms with Crippen molar-refractivity contribution >= 4 is 22.8 Å². The van der Waals surface area contributed by atoms with Crippen LogP contribution in [-0.2, 0) is 18.3 Å². The number of aromatic nitrogens is 2.